The Morgan fingerprint density at radius 2 is 1.76 bits per heavy atom. The molecular weight excluding hydrogens is 372 g/mol. The summed E-state index contributed by atoms with van der Waals surface area (Å²) in [6.45, 7) is 2.93. The van der Waals surface area contributed by atoms with Crippen LogP contribution in [0.1, 0.15) is 16.1 Å². The molecule has 3 rings (SSSR count). The van der Waals surface area contributed by atoms with Crippen LogP contribution >= 0.6 is 0 Å². The molecule has 1 aromatic heterocycles. The van der Waals surface area contributed by atoms with Crippen molar-refractivity contribution >= 4 is 17.7 Å². The lowest BCUT2D eigenvalue weighted by atomic mass is 10.2. The maximum Gasteiger partial charge on any atom is 0.253 e. The molecule has 0 aliphatic carbocycles. The molecule has 0 bridgehead atoms. The van der Waals surface area contributed by atoms with E-state index in [9.17, 15) is 14.4 Å². The van der Waals surface area contributed by atoms with Gasteiger partial charge in [-0.3, -0.25) is 19.3 Å². The minimum atomic E-state index is -0.240. The predicted molar refractivity (Wildman–Crippen MR) is 107 cm³/mol. The zero-order chi connectivity index (χ0) is 20.6. The SMILES string of the molecule is CN(CC(=O)NCc1ccco1)C(=O)CN1CCN(C(=O)c2ccccc2)CC1. The van der Waals surface area contributed by atoms with Crippen molar-refractivity contribution in [1.82, 2.24) is 20.0 Å². The van der Waals surface area contributed by atoms with Crippen molar-refractivity contribution in [3.63, 3.8) is 0 Å². The molecule has 0 spiro atoms. The largest absolute Gasteiger partial charge is 0.467 e. The molecule has 1 fully saturated rings. The quantitative estimate of drug-likeness (QED) is 0.746. The Morgan fingerprint density at radius 3 is 2.41 bits per heavy atom. The molecule has 8 nitrogen and oxygen atoms in total. The summed E-state index contributed by atoms with van der Waals surface area (Å²) < 4.78 is 5.16. The van der Waals surface area contributed by atoms with Gasteiger partial charge < -0.3 is 19.5 Å². The van der Waals surface area contributed by atoms with Gasteiger partial charge in [-0.2, -0.15) is 0 Å². The third kappa shape index (κ3) is 5.92. The van der Waals surface area contributed by atoms with Crippen LogP contribution in [0.2, 0.25) is 0 Å². The Labute approximate surface area is 170 Å². The summed E-state index contributed by atoms with van der Waals surface area (Å²) in [6, 6.07) is 12.7. The lowest BCUT2D eigenvalue weighted by Gasteiger charge is -2.35. The molecule has 1 aromatic carbocycles. The molecule has 29 heavy (non-hydrogen) atoms. The van der Waals surface area contributed by atoms with E-state index in [4.69, 9.17) is 4.42 Å². The number of carbonyl (C=O) groups is 3. The summed E-state index contributed by atoms with van der Waals surface area (Å²) >= 11 is 0. The van der Waals surface area contributed by atoms with E-state index < -0.39 is 0 Å². The average molecular weight is 398 g/mol. The molecular formula is C21H26N4O4. The fourth-order valence-electron chi connectivity index (χ4n) is 3.14. The van der Waals surface area contributed by atoms with Crippen LogP contribution in [0.15, 0.2) is 53.1 Å². The average Bonchev–Trinajstić information content (AvgIpc) is 3.26. The molecule has 2 heterocycles. The van der Waals surface area contributed by atoms with Gasteiger partial charge in [0.05, 0.1) is 25.9 Å². The first kappa shape index (κ1) is 20.6. The van der Waals surface area contributed by atoms with E-state index in [1.165, 1.54) is 4.90 Å². The summed E-state index contributed by atoms with van der Waals surface area (Å²) in [4.78, 5) is 42.1. The standard InChI is InChI=1S/C21H26N4O4/c1-23(15-19(26)22-14-18-8-5-13-29-18)20(27)16-24-9-11-25(12-10-24)21(28)17-6-3-2-4-7-17/h2-8,13H,9-12,14-16H2,1H3,(H,22,26). The van der Waals surface area contributed by atoms with Gasteiger partial charge in [0.15, 0.2) is 0 Å². The molecule has 0 atom stereocenters. The molecule has 0 saturated carbocycles. The van der Waals surface area contributed by atoms with Crippen molar-refractivity contribution in [3.05, 3.63) is 60.1 Å². The highest BCUT2D eigenvalue weighted by Gasteiger charge is 2.24. The van der Waals surface area contributed by atoms with Crippen molar-refractivity contribution < 1.29 is 18.8 Å². The number of amides is 3. The highest BCUT2D eigenvalue weighted by Crippen LogP contribution is 2.09. The monoisotopic (exact) mass is 398 g/mol. The van der Waals surface area contributed by atoms with E-state index in [1.807, 2.05) is 40.1 Å². The van der Waals surface area contributed by atoms with Crippen LogP contribution < -0.4 is 5.32 Å². The number of hydrogen-bond donors (Lipinski definition) is 1. The van der Waals surface area contributed by atoms with Gasteiger partial charge in [-0.1, -0.05) is 18.2 Å². The van der Waals surface area contributed by atoms with Gasteiger partial charge in [-0.15, -0.1) is 0 Å². The number of piperazine rings is 1. The second kappa shape index (κ2) is 9.88. The predicted octanol–water partition coefficient (Wildman–Crippen LogP) is 0.812. The van der Waals surface area contributed by atoms with Crippen molar-refractivity contribution in [1.29, 1.82) is 0 Å². The molecule has 1 aliphatic rings. The number of rotatable bonds is 7. The second-order valence-corrected chi connectivity index (χ2v) is 7.04. The Kier molecular flexibility index (Phi) is 7.02. The summed E-state index contributed by atoms with van der Waals surface area (Å²) in [5.74, 6) is 0.314. The molecule has 8 heteroatoms. The van der Waals surface area contributed by atoms with E-state index in [1.54, 1.807) is 25.4 Å². The first-order valence-corrected chi connectivity index (χ1v) is 9.62. The molecule has 154 valence electrons. The van der Waals surface area contributed by atoms with Crippen LogP contribution in [0.5, 0.6) is 0 Å². The van der Waals surface area contributed by atoms with Crippen LogP contribution in [-0.2, 0) is 16.1 Å². The fourth-order valence-corrected chi connectivity index (χ4v) is 3.14. The summed E-state index contributed by atoms with van der Waals surface area (Å²) in [6.07, 6.45) is 1.55. The lowest BCUT2D eigenvalue weighted by Crippen LogP contribution is -2.51. The van der Waals surface area contributed by atoms with Crippen LogP contribution in [0.4, 0.5) is 0 Å². The number of nitrogens with one attached hydrogen (secondary N) is 1. The molecule has 0 radical (unpaired) electrons. The van der Waals surface area contributed by atoms with Gasteiger partial charge in [0.25, 0.3) is 5.91 Å². The number of furan rings is 1. The number of carbonyl (C=O) groups excluding carboxylic acids is 3. The van der Waals surface area contributed by atoms with E-state index in [0.29, 0.717) is 44.0 Å². The normalized spacial score (nSPS) is 14.4. The number of nitrogens with zero attached hydrogens (tertiary/aromatic N) is 3. The minimum absolute atomic E-state index is 0.00794. The van der Waals surface area contributed by atoms with Gasteiger partial charge in [-0.05, 0) is 24.3 Å². The maximum atomic E-state index is 12.5. The zero-order valence-electron chi connectivity index (χ0n) is 16.5. The van der Waals surface area contributed by atoms with E-state index in [-0.39, 0.29) is 30.8 Å². The minimum Gasteiger partial charge on any atom is -0.467 e. The molecule has 0 unspecified atom stereocenters. The number of hydrogen-bond acceptors (Lipinski definition) is 5. The van der Waals surface area contributed by atoms with Crippen molar-refractivity contribution in [2.75, 3.05) is 46.3 Å². The Morgan fingerprint density at radius 1 is 1.03 bits per heavy atom. The second-order valence-electron chi connectivity index (χ2n) is 7.04. The van der Waals surface area contributed by atoms with Crippen LogP contribution in [0.3, 0.4) is 0 Å². The van der Waals surface area contributed by atoms with Crippen LogP contribution in [0.25, 0.3) is 0 Å². The topological polar surface area (TPSA) is 86.1 Å². The first-order chi connectivity index (χ1) is 14.0. The number of likely N-dealkylation sites (N-methyl/N-ethyl adjacent to an activating group) is 1. The number of benzene rings is 1. The summed E-state index contributed by atoms with van der Waals surface area (Å²) in [5, 5.41) is 2.72. The fraction of sp³-hybridized carbons (Fsp3) is 0.381. The van der Waals surface area contributed by atoms with E-state index in [0.717, 1.165) is 0 Å². The van der Waals surface area contributed by atoms with Crippen LogP contribution in [-0.4, -0.2) is 78.7 Å². The maximum absolute atomic E-state index is 12.5. The third-order valence-corrected chi connectivity index (χ3v) is 4.89. The molecule has 1 aliphatic heterocycles. The van der Waals surface area contributed by atoms with Crippen molar-refractivity contribution in [2.24, 2.45) is 0 Å². The molecule has 1 saturated heterocycles. The van der Waals surface area contributed by atoms with Crippen molar-refractivity contribution in [3.8, 4) is 0 Å². The van der Waals surface area contributed by atoms with Crippen LogP contribution in [0, 0.1) is 0 Å². The Hall–Kier alpha value is -3.13. The van der Waals surface area contributed by atoms with E-state index >= 15 is 0 Å². The third-order valence-electron chi connectivity index (χ3n) is 4.89. The van der Waals surface area contributed by atoms with Gasteiger partial charge >= 0.3 is 0 Å². The lowest BCUT2D eigenvalue weighted by molar-refractivity contribution is -0.135. The summed E-state index contributed by atoms with van der Waals surface area (Å²) in [5.41, 5.74) is 0.678. The van der Waals surface area contributed by atoms with E-state index in [2.05, 4.69) is 5.32 Å². The highest BCUT2D eigenvalue weighted by atomic mass is 16.3. The Balaban J connectivity index is 1.38. The van der Waals surface area contributed by atoms with Gasteiger partial charge in [0.1, 0.15) is 5.76 Å². The highest BCUT2D eigenvalue weighted by molar-refractivity contribution is 5.94. The molecule has 2 aromatic rings. The van der Waals surface area contributed by atoms with Gasteiger partial charge in [0, 0.05) is 38.8 Å². The van der Waals surface area contributed by atoms with Gasteiger partial charge in [-0.25, -0.2) is 0 Å². The van der Waals surface area contributed by atoms with Crippen molar-refractivity contribution in [2.45, 2.75) is 6.54 Å². The smallest absolute Gasteiger partial charge is 0.253 e. The first-order valence-electron chi connectivity index (χ1n) is 9.62. The molecule has 3 amide bonds. The van der Waals surface area contributed by atoms with Gasteiger partial charge in [0.2, 0.25) is 11.8 Å². The Bertz CT molecular complexity index is 814. The zero-order valence-corrected chi connectivity index (χ0v) is 16.5. The molecule has 1 N–H and O–H groups in total. The summed E-state index contributed by atoms with van der Waals surface area (Å²) in [7, 11) is 1.62.